The van der Waals surface area contributed by atoms with Crippen molar-refractivity contribution in [2.24, 2.45) is 5.41 Å². The lowest BCUT2D eigenvalue weighted by atomic mass is 9.73. The number of aromatic nitrogens is 1. The molecule has 6 heteroatoms. The number of rotatable bonds is 5. The molecule has 0 aromatic carbocycles. The topological polar surface area (TPSA) is 69.5 Å². The average Bonchev–Trinajstić information content (AvgIpc) is 2.65. The SMILES string of the molecule is COCCCN1CC2(CCCN(c3nc(C)ccc3C#N)C2)CCC1=O. The summed E-state index contributed by atoms with van der Waals surface area (Å²) in [6.45, 7) is 6.00. The minimum atomic E-state index is 0.109. The number of piperidine rings is 2. The van der Waals surface area contributed by atoms with Crippen LogP contribution in [0.25, 0.3) is 0 Å². The second-order valence-electron chi connectivity index (χ2n) is 7.62. The summed E-state index contributed by atoms with van der Waals surface area (Å²) >= 11 is 0. The zero-order valence-corrected chi connectivity index (χ0v) is 15.8. The van der Waals surface area contributed by atoms with E-state index in [0.717, 1.165) is 63.4 Å². The maximum absolute atomic E-state index is 12.3. The number of amides is 1. The summed E-state index contributed by atoms with van der Waals surface area (Å²) in [6.07, 6.45) is 4.62. The van der Waals surface area contributed by atoms with E-state index in [1.54, 1.807) is 7.11 Å². The fourth-order valence-corrected chi connectivity index (χ4v) is 4.30. The third-order valence-corrected chi connectivity index (χ3v) is 5.62. The van der Waals surface area contributed by atoms with Crippen LogP contribution in [0.3, 0.4) is 0 Å². The number of ether oxygens (including phenoxy) is 1. The molecule has 1 aromatic heterocycles. The van der Waals surface area contributed by atoms with Crippen molar-refractivity contribution in [2.75, 3.05) is 44.8 Å². The van der Waals surface area contributed by atoms with Crippen LogP contribution in [0.15, 0.2) is 12.1 Å². The Labute approximate surface area is 155 Å². The Morgan fingerprint density at radius 2 is 2.19 bits per heavy atom. The summed E-state index contributed by atoms with van der Waals surface area (Å²) in [5, 5.41) is 9.46. The van der Waals surface area contributed by atoms with Gasteiger partial charge in [-0.15, -0.1) is 0 Å². The fraction of sp³-hybridized carbons (Fsp3) is 0.650. The number of anilines is 1. The van der Waals surface area contributed by atoms with Crippen molar-refractivity contribution < 1.29 is 9.53 Å². The van der Waals surface area contributed by atoms with Crippen molar-refractivity contribution in [3.8, 4) is 6.07 Å². The first-order valence-electron chi connectivity index (χ1n) is 9.46. The number of carbonyl (C=O) groups excluding carboxylic acids is 1. The average molecular weight is 356 g/mol. The minimum Gasteiger partial charge on any atom is -0.385 e. The van der Waals surface area contributed by atoms with Crippen molar-refractivity contribution in [3.63, 3.8) is 0 Å². The van der Waals surface area contributed by atoms with Gasteiger partial charge in [-0.05, 0) is 44.7 Å². The van der Waals surface area contributed by atoms with Gasteiger partial charge in [-0.3, -0.25) is 4.79 Å². The number of pyridine rings is 1. The summed E-state index contributed by atoms with van der Waals surface area (Å²) in [7, 11) is 1.69. The molecule has 3 rings (SSSR count). The van der Waals surface area contributed by atoms with Gasteiger partial charge < -0.3 is 14.5 Å². The van der Waals surface area contributed by atoms with E-state index in [9.17, 15) is 10.1 Å². The second kappa shape index (κ2) is 8.05. The molecule has 0 N–H and O–H groups in total. The summed E-state index contributed by atoms with van der Waals surface area (Å²) in [4.78, 5) is 21.3. The molecule has 1 aromatic rings. The Balaban J connectivity index is 1.76. The smallest absolute Gasteiger partial charge is 0.222 e. The predicted octanol–water partition coefficient (Wildman–Crippen LogP) is 2.51. The lowest BCUT2D eigenvalue weighted by Gasteiger charge is -2.48. The Morgan fingerprint density at radius 3 is 2.96 bits per heavy atom. The highest BCUT2D eigenvalue weighted by Crippen LogP contribution is 2.40. The third kappa shape index (κ3) is 3.99. The number of nitriles is 1. The molecular weight excluding hydrogens is 328 g/mol. The van der Waals surface area contributed by atoms with E-state index in [1.807, 2.05) is 24.0 Å². The zero-order chi connectivity index (χ0) is 18.6. The summed E-state index contributed by atoms with van der Waals surface area (Å²) in [5.74, 6) is 1.06. The number of carbonyl (C=O) groups is 1. The normalized spacial score (nSPS) is 23.3. The lowest BCUT2D eigenvalue weighted by molar-refractivity contribution is -0.138. The van der Waals surface area contributed by atoms with Crippen LogP contribution in [0.5, 0.6) is 0 Å². The zero-order valence-electron chi connectivity index (χ0n) is 15.8. The molecule has 140 valence electrons. The number of methoxy groups -OCH3 is 1. The molecule has 2 saturated heterocycles. The van der Waals surface area contributed by atoms with Gasteiger partial charge in [-0.25, -0.2) is 4.98 Å². The first-order chi connectivity index (χ1) is 12.6. The van der Waals surface area contributed by atoms with Gasteiger partial charge in [0.15, 0.2) is 0 Å². The van der Waals surface area contributed by atoms with Crippen LogP contribution in [-0.2, 0) is 9.53 Å². The largest absolute Gasteiger partial charge is 0.385 e. The molecular formula is C20H28N4O2. The van der Waals surface area contributed by atoms with Crippen LogP contribution in [-0.4, -0.2) is 55.7 Å². The van der Waals surface area contributed by atoms with Gasteiger partial charge in [0.1, 0.15) is 11.9 Å². The summed E-state index contributed by atoms with van der Waals surface area (Å²) in [5.41, 5.74) is 1.67. The van der Waals surface area contributed by atoms with Gasteiger partial charge in [-0.1, -0.05) is 0 Å². The summed E-state index contributed by atoms with van der Waals surface area (Å²) in [6, 6.07) is 6.03. The number of hydrogen-bond acceptors (Lipinski definition) is 5. The molecule has 26 heavy (non-hydrogen) atoms. The van der Waals surface area contributed by atoms with Crippen LogP contribution >= 0.6 is 0 Å². The van der Waals surface area contributed by atoms with Crippen molar-refractivity contribution in [3.05, 3.63) is 23.4 Å². The highest BCUT2D eigenvalue weighted by atomic mass is 16.5. The van der Waals surface area contributed by atoms with Gasteiger partial charge in [0.2, 0.25) is 5.91 Å². The first-order valence-corrected chi connectivity index (χ1v) is 9.46. The van der Waals surface area contributed by atoms with E-state index in [0.29, 0.717) is 18.6 Å². The van der Waals surface area contributed by atoms with E-state index in [1.165, 1.54) is 0 Å². The molecule has 0 radical (unpaired) electrons. The number of aryl methyl sites for hydroxylation is 1. The number of nitrogens with zero attached hydrogens (tertiary/aromatic N) is 4. The number of likely N-dealkylation sites (tertiary alicyclic amines) is 1. The molecule has 1 unspecified atom stereocenters. The van der Waals surface area contributed by atoms with Gasteiger partial charge in [0.05, 0.1) is 5.56 Å². The van der Waals surface area contributed by atoms with Crippen molar-refractivity contribution in [1.82, 2.24) is 9.88 Å². The van der Waals surface area contributed by atoms with E-state index in [2.05, 4.69) is 16.0 Å². The standard InChI is InChI=1S/C20H28N4O2/c1-16-5-6-17(13-21)19(22-16)24-10-3-8-20(15-24)9-7-18(25)23(14-20)11-4-12-26-2/h5-6H,3-4,7-12,14-15H2,1-2H3. The molecule has 2 aliphatic heterocycles. The van der Waals surface area contributed by atoms with Crippen molar-refractivity contribution in [1.29, 1.82) is 5.26 Å². The molecule has 2 fully saturated rings. The molecule has 3 heterocycles. The quantitative estimate of drug-likeness (QED) is 0.758. The van der Waals surface area contributed by atoms with E-state index < -0.39 is 0 Å². The molecule has 6 nitrogen and oxygen atoms in total. The van der Waals surface area contributed by atoms with Crippen LogP contribution < -0.4 is 4.90 Å². The monoisotopic (exact) mass is 356 g/mol. The van der Waals surface area contributed by atoms with Gasteiger partial charge in [-0.2, -0.15) is 5.26 Å². The maximum Gasteiger partial charge on any atom is 0.222 e. The van der Waals surface area contributed by atoms with Crippen molar-refractivity contribution >= 4 is 11.7 Å². The molecule has 0 aliphatic carbocycles. The Morgan fingerprint density at radius 1 is 1.35 bits per heavy atom. The Bertz CT molecular complexity index is 700. The third-order valence-electron chi connectivity index (χ3n) is 5.62. The van der Waals surface area contributed by atoms with Crippen LogP contribution in [0, 0.1) is 23.7 Å². The molecule has 0 saturated carbocycles. The maximum atomic E-state index is 12.3. The van der Waals surface area contributed by atoms with Crippen LogP contribution in [0.1, 0.15) is 43.4 Å². The Hall–Kier alpha value is -2.13. The molecule has 2 aliphatic rings. The van der Waals surface area contributed by atoms with Crippen molar-refractivity contribution in [2.45, 2.75) is 39.0 Å². The van der Waals surface area contributed by atoms with Gasteiger partial charge >= 0.3 is 0 Å². The Kier molecular flexibility index (Phi) is 5.77. The van der Waals surface area contributed by atoms with E-state index in [4.69, 9.17) is 4.74 Å². The highest BCUT2D eigenvalue weighted by molar-refractivity contribution is 5.77. The molecule has 0 bridgehead atoms. The predicted molar refractivity (Wildman–Crippen MR) is 99.9 cm³/mol. The van der Waals surface area contributed by atoms with Gasteiger partial charge in [0, 0.05) is 57.4 Å². The van der Waals surface area contributed by atoms with Crippen LogP contribution in [0.2, 0.25) is 0 Å². The lowest BCUT2D eigenvalue weighted by Crippen LogP contribution is -2.54. The number of hydrogen-bond donors (Lipinski definition) is 0. The molecule has 1 atom stereocenters. The molecule has 1 spiro atoms. The van der Waals surface area contributed by atoms with Crippen LogP contribution in [0.4, 0.5) is 5.82 Å². The minimum absolute atomic E-state index is 0.109. The summed E-state index contributed by atoms with van der Waals surface area (Å²) < 4.78 is 5.13. The van der Waals surface area contributed by atoms with E-state index >= 15 is 0 Å². The molecule has 1 amide bonds. The van der Waals surface area contributed by atoms with E-state index in [-0.39, 0.29) is 11.3 Å². The second-order valence-corrected chi connectivity index (χ2v) is 7.62. The fourth-order valence-electron chi connectivity index (χ4n) is 4.30. The first kappa shape index (κ1) is 18.7. The van der Waals surface area contributed by atoms with Gasteiger partial charge in [0.25, 0.3) is 0 Å². The highest BCUT2D eigenvalue weighted by Gasteiger charge is 2.42.